The number of anilines is 1. The van der Waals surface area contributed by atoms with E-state index in [1.54, 1.807) is 35.1 Å². The Bertz CT molecular complexity index is 1030. The lowest BCUT2D eigenvalue weighted by Gasteiger charge is -2.07. The van der Waals surface area contributed by atoms with Crippen molar-refractivity contribution in [2.75, 3.05) is 5.43 Å². The van der Waals surface area contributed by atoms with Crippen LogP contribution >= 0.6 is 11.6 Å². The van der Waals surface area contributed by atoms with Gasteiger partial charge in [-0.2, -0.15) is 5.10 Å². The van der Waals surface area contributed by atoms with Crippen molar-refractivity contribution in [2.45, 2.75) is 0 Å². The molecule has 4 aromatic rings. The molecule has 4 rings (SSSR count). The molecule has 3 aromatic heterocycles. The van der Waals surface area contributed by atoms with Crippen molar-refractivity contribution in [3.63, 3.8) is 0 Å². The van der Waals surface area contributed by atoms with E-state index in [1.165, 1.54) is 12.6 Å². The number of rotatable bonds is 4. The van der Waals surface area contributed by atoms with Crippen LogP contribution in [0.2, 0.25) is 5.02 Å². The molecule has 0 aliphatic carbocycles. The van der Waals surface area contributed by atoms with Crippen LogP contribution in [0.1, 0.15) is 10.6 Å². The zero-order valence-electron chi connectivity index (χ0n) is 12.7. The van der Waals surface area contributed by atoms with Gasteiger partial charge in [-0.1, -0.05) is 11.6 Å². The smallest absolute Gasteiger partial charge is 0.305 e. The fourth-order valence-corrected chi connectivity index (χ4v) is 2.43. The first-order valence-corrected chi connectivity index (χ1v) is 7.65. The van der Waals surface area contributed by atoms with Gasteiger partial charge < -0.3 is 4.42 Å². The number of nitrogens with one attached hydrogen (secondary N) is 2. The predicted molar refractivity (Wildman–Crippen MR) is 91.5 cm³/mol. The molecule has 0 saturated heterocycles. The summed E-state index contributed by atoms with van der Waals surface area (Å²) in [4.78, 5) is 20.3. The molecule has 8 nitrogen and oxygen atoms in total. The van der Waals surface area contributed by atoms with Gasteiger partial charge in [0.25, 0.3) is 0 Å². The molecule has 2 N–H and O–H groups in total. The topological polar surface area (TPSA) is 97.9 Å². The molecule has 1 aromatic carbocycles. The molecule has 1 amide bonds. The van der Waals surface area contributed by atoms with E-state index in [1.807, 2.05) is 12.1 Å². The first-order chi connectivity index (χ1) is 12.2. The number of hydrazine groups is 1. The van der Waals surface area contributed by atoms with E-state index in [4.69, 9.17) is 16.0 Å². The van der Waals surface area contributed by atoms with Crippen molar-refractivity contribution >= 4 is 34.4 Å². The Morgan fingerprint density at radius 1 is 1.16 bits per heavy atom. The number of fused-ring (bicyclic) bond motifs is 1. The van der Waals surface area contributed by atoms with Crippen molar-refractivity contribution in [1.82, 2.24) is 25.2 Å². The molecule has 0 aliphatic heterocycles. The summed E-state index contributed by atoms with van der Waals surface area (Å²) in [5.74, 6) is 0.196. The summed E-state index contributed by atoms with van der Waals surface area (Å²) in [5, 5.41) is 5.62. The molecule has 0 aliphatic rings. The van der Waals surface area contributed by atoms with E-state index in [-0.39, 0.29) is 5.76 Å². The van der Waals surface area contributed by atoms with Crippen LogP contribution in [0.3, 0.4) is 0 Å². The SMILES string of the molecule is O=C(NNc1ncnc2c1cnn2-c1ccc(Cl)cc1)c1ccco1. The van der Waals surface area contributed by atoms with Crippen molar-refractivity contribution in [3.05, 3.63) is 66.0 Å². The molecule has 0 bridgehead atoms. The lowest BCUT2D eigenvalue weighted by Crippen LogP contribution is -2.29. The van der Waals surface area contributed by atoms with Crippen molar-refractivity contribution in [3.8, 4) is 5.69 Å². The minimum Gasteiger partial charge on any atom is -0.459 e. The van der Waals surface area contributed by atoms with Crippen LogP contribution in [-0.4, -0.2) is 25.7 Å². The zero-order chi connectivity index (χ0) is 17.2. The summed E-state index contributed by atoms with van der Waals surface area (Å²) in [6.07, 6.45) is 4.43. The molecule has 3 heterocycles. The fraction of sp³-hybridized carbons (Fsp3) is 0. The lowest BCUT2D eigenvalue weighted by molar-refractivity contribution is 0.0935. The number of furan rings is 1. The van der Waals surface area contributed by atoms with Crippen molar-refractivity contribution < 1.29 is 9.21 Å². The zero-order valence-corrected chi connectivity index (χ0v) is 13.4. The summed E-state index contributed by atoms with van der Waals surface area (Å²) >= 11 is 5.92. The van der Waals surface area contributed by atoms with Crippen LogP contribution in [0.4, 0.5) is 5.82 Å². The molecule has 0 spiro atoms. The second-order valence-corrected chi connectivity index (χ2v) is 5.49. The Balaban J connectivity index is 1.63. The Morgan fingerprint density at radius 2 is 2.00 bits per heavy atom. The lowest BCUT2D eigenvalue weighted by atomic mass is 10.3. The van der Waals surface area contributed by atoms with Crippen molar-refractivity contribution in [1.29, 1.82) is 0 Å². The normalized spacial score (nSPS) is 10.8. The van der Waals surface area contributed by atoms with Crippen LogP contribution in [0.5, 0.6) is 0 Å². The van der Waals surface area contributed by atoms with Gasteiger partial charge in [0.05, 0.1) is 23.5 Å². The van der Waals surface area contributed by atoms with Gasteiger partial charge in [-0.3, -0.25) is 15.6 Å². The maximum Gasteiger partial charge on any atom is 0.305 e. The Kier molecular flexibility index (Phi) is 3.79. The van der Waals surface area contributed by atoms with Crippen molar-refractivity contribution in [2.24, 2.45) is 0 Å². The number of hydrogen-bond acceptors (Lipinski definition) is 6. The summed E-state index contributed by atoms with van der Waals surface area (Å²) in [6, 6.07) is 10.4. The fourth-order valence-electron chi connectivity index (χ4n) is 2.30. The minimum atomic E-state index is -0.415. The van der Waals surface area contributed by atoms with Gasteiger partial charge >= 0.3 is 5.91 Å². The number of amides is 1. The first kappa shape index (κ1) is 15.2. The first-order valence-electron chi connectivity index (χ1n) is 7.27. The van der Waals surface area contributed by atoms with Crippen LogP contribution in [0.15, 0.2) is 59.6 Å². The van der Waals surface area contributed by atoms with Gasteiger partial charge in [-0.15, -0.1) is 0 Å². The number of benzene rings is 1. The van der Waals surface area contributed by atoms with E-state index >= 15 is 0 Å². The molecule has 9 heteroatoms. The molecular formula is C16H11ClN6O2. The average Bonchev–Trinajstić information content (AvgIpc) is 3.30. The minimum absolute atomic E-state index is 0.189. The molecule has 0 fully saturated rings. The third-order valence-electron chi connectivity index (χ3n) is 3.48. The quantitative estimate of drug-likeness (QED) is 0.547. The monoisotopic (exact) mass is 354 g/mol. The number of halogens is 1. The Labute approximate surface area is 146 Å². The van der Waals surface area contributed by atoms with E-state index in [9.17, 15) is 4.79 Å². The Hall–Kier alpha value is -3.39. The summed E-state index contributed by atoms with van der Waals surface area (Å²) in [5.41, 5.74) is 6.69. The molecule has 0 radical (unpaired) electrons. The molecule has 0 atom stereocenters. The third-order valence-corrected chi connectivity index (χ3v) is 3.73. The number of nitrogens with zero attached hydrogens (tertiary/aromatic N) is 4. The van der Waals surface area contributed by atoms with E-state index < -0.39 is 5.91 Å². The van der Waals surface area contributed by atoms with E-state index in [0.29, 0.717) is 21.9 Å². The number of carbonyl (C=O) groups is 1. The highest BCUT2D eigenvalue weighted by atomic mass is 35.5. The molecule has 124 valence electrons. The third kappa shape index (κ3) is 2.90. The maximum absolute atomic E-state index is 11.9. The van der Waals surface area contributed by atoms with Crippen LogP contribution in [-0.2, 0) is 0 Å². The summed E-state index contributed by atoms with van der Waals surface area (Å²) in [6.45, 7) is 0. The number of hydrogen-bond donors (Lipinski definition) is 2. The molecule has 0 unspecified atom stereocenters. The summed E-state index contributed by atoms with van der Waals surface area (Å²) < 4.78 is 6.69. The maximum atomic E-state index is 11.9. The highest BCUT2D eigenvalue weighted by molar-refractivity contribution is 6.30. The van der Waals surface area contributed by atoms with Crippen LogP contribution in [0.25, 0.3) is 16.7 Å². The average molecular weight is 355 g/mol. The van der Waals surface area contributed by atoms with Crippen LogP contribution in [0, 0.1) is 0 Å². The van der Waals surface area contributed by atoms with Gasteiger partial charge in [0.15, 0.2) is 17.2 Å². The second kappa shape index (κ2) is 6.25. The second-order valence-electron chi connectivity index (χ2n) is 5.05. The molecule has 0 saturated carbocycles. The highest BCUT2D eigenvalue weighted by Gasteiger charge is 2.13. The Morgan fingerprint density at radius 3 is 2.76 bits per heavy atom. The largest absolute Gasteiger partial charge is 0.459 e. The highest BCUT2D eigenvalue weighted by Crippen LogP contribution is 2.22. The van der Waals surface area contributed by atoms with Gasteiger partial charge in [-0.25, -0.2) is 14.6 Å². The predicted octanol–water partition coefficient (Wildman–Crippen LogP) is 2.82. The summed E-state index contributed by atoms with van der Waals surface area (Å²) in [7, 11) is 0. The van der Waals surface area contributed by atoms with Gasteiger partial charge in [-0.05, 0) is 36.4 Å². The number of aromatic nitrogens is 4. The van der Waals surface area contributed by atoms with E-state index in [2.05, 4.69) is 25.9 Å². The van der Waals surface area contributed by atoms with Gasteiger partial charge in [0, 0.05) is 5.02 Å². The van der Waals surface area contributed by atoms with Gasteiger partial charge in [0.1, 0.15) is 6.33 Å². The van der Waals surface area contributed by atoms with Gasteiger partial charge in [0.2, 0.25) is 0 Å². The van der Waals surface area contributed by atoms with Crippen LogP contribution < -0.4 is 10.9 Å². The number of carbonyl (C=O) groups excluding carboxylic acids is 1. The standard InChI is InChI=1S/C16H11ClN6O2/c17-10-3-5-11(6-4-10)23-15-12(8-20-23)14(18-9-19-15)21-22-16(24)13-2-1-7-25-13/h1-9H,(H,22,24)(H,18,19,21). The van der Waals surface area contributed by atoms with E-state index in [0.717, 1.165) is 5.69 Å². The molecular weight excluding hydrogens is 344 g/mol. The molecule has 25 heavy (non-hydrogen) atoms.